The quantitative estimate of drug-likeness (QED) is 0.196. The van der Waals surface area contributed by atoms with Gasteiger partial charge in [-0.05, 0) is 81.9 Å². The van der Waals surface area contributed by atoms with E-state index in [0.29, 0.717) is 16.7 Å². The topological polar surface area (TPSA) is 172 Å². The number of carbonyl (C=O) groups is 5. The Balaban J connectivity index is 1.29. The van der Waals surface area contributed by atoms with Gasteiger partial charge in [-0.1, -0.05) is 27.2 Å². The van der Waals surface area contributed by atoms with Gasteiger partial charge in [0.05, 0.1) is 12.0 Å². The molecule has 0 aromatic carbocycles. The van der Waals surface area contributed by atoms with Crippen LogP contribution in [0.2, 0.25) is 0 Å². The molecule has 5 heterocycles. The zero-order valence-electron chi connectivity index (χ0n) is 32.0. The van der Waals surface area contributed by atoms with Crippen LogP contribution >= 0.6 is 11.3 Å². The minimum Gasteiger partial charge on any atom is -0.481 e. The number of piperidine rings is 3. The largest absolute Gasteiger partial charge is 0.481 e. The van der Waals surface area contributed by atoms with Gasteiger partial charge in [-0.3, -0.25) is 28.9 Å². The van der Waals surface area contributed by atoms with Crippen molar-refractivity contribution in [3.8, 4) is 0 Å². The number of rotatable bonds is 18. The molecular weight excluding hydrogens is 697 g/mol. The predicted octanol–water partition coefficient (Wildman–Crippen LogP) is 5.03. The zero-order chi connectivity index (χ0) is 38.4. The number of carboxylic acid groups (broad SMARTS) is 1. The Morgan fingerprint density at radius 3 is 2.28 bits per heavy atom. The van der Waals surface area contributed by atoms with Crippen molar-refractivity contribution in [2.45, 2.75) is 123 Å². The maximum atomic E-state index is 14.3. The van der Waals surface area contributed by atoms with Gasteiger partial charge in [0.1, 0.15) is 16.5 Å². The van der Waals surface area contributed by atoms with Crippen LogP contribution in [0.25, 0.3) is 0 Å². The van der Waals surface area contributed by atoms with Gasteiger partial charge >= 0.3 is 11.9 Å². The predicted molar refractivity (Wildman–Crippen MR) is 199 cm³/mol. The number of ether oxygens (including phenoxy) is 1. The van der Waals surface area contributed by atoms with Crippen LogP contribution < -0.4 is 5.32 Å². The highest BCUT2D eigenvalue weighted by molar-refractivity contribution is 7.09. The fourth-order valence-electron chi connectivity index (χ4n) is 8.14. The van der Waals surface area contributed by atoms with Crippen molar-refractivity contribution in [2.75, 3.05) is 20.1 Å². The van der Waals surface area contributed by atoms with E-state index in [4.69, 9.17) is 4.74 Å². The van der Waals surface area contributed by atoms with Crippen molar-refractivity contribution in [3.05, 3.63) is 39.9 Å². The molecule has 53 heavy (non-hydrogen) atoms. The van der Waals surface area contributed by atoms with E-state index in [0.717, 1.165) is 57.2 Å². The summed E-state index contributed by atoms with van der Waals surface area (Å²) in [6.45, 7) is 10.7. The molecule has 4 fully saturated rings. The van der Waals surface area contributed by atoms with E-state index in [2.05, 4.69) is 25.2 Å². The molecule has 2 N–H and O–H groups in total. The lowest BCUT2D eigenvalue weighted by Gasteiger charge is -2.45. The van der Waals surface area contributed by atoms with E-state index in [1.54, 1.807) is 36.6 Å². The zero-order valence-corrected chi connectivity index (χ0v) is 32.8. The third-order valence-electron chi connectivity index (χ3n) is 11.5. The Morgan fingerprint density at radius 2 is 1.74 bits per heavy atom. The van der Waals surface area contributed by atoms with Crippen LogP contribution in [0.3, 0.4) is 0 Å². The molecule has 2 bridgehead atoms. The maximum absolute atomic E-state index is 14.3. The standard InChI is InChI=1S/C39H56N6O7S/c1-22(2)31(44(6)38(49)29(27-8-7-9-27)17-33(47)32-15-26-10-12-45(32)13-11-26)18-34(52-25(5)46)37-43-30(21-53-37)36(48)42-28(14-24(4)39(50)51)16-35-40-19-23(3)20-41-35/h19-22,24,26-29,31-32,34H,7-18H2,1-6H3,(H,42,48)(H,50,51)/t24-,28+,29-,31+,32+,34+/m0/s1. The lowest BCUT2D eigenvalue weighted by atomic mass is 9.71. The fraction of sp³-hybridized carbons (Fsp3) is 0.692. The van der Waals surface area contributed by atoms with Gasteiger partial charge in [0.15, 0.2) is 11.9 Å². The Hall–Kier alpha value is -3.78. The highest BCUT2D eigenvalue weighted by atomic mass is 32.1. The number of nitrogens with zero attached hydrogens (tertiary/aromatic N) is 5. The molecule has 3 aliphatic heterocycles. The van der Waals surface area contributed by atoms with Crippen LogP contribution in [0.5, 0.6) is 0 Å². The normalized spacial score (nSPS) is 22.6. The Kier molecular flexibility index (Phi) is 13.7. The lowest BCUT2D eigenvalue weighted by molar-refractivity contribution is -0.150. The summed E-state index contributed by atoms with van der Waals surface area (Å²) in [5.74, 6) is -1.69. The van der Waals surface area contributed by atoms with Gasteiger partial charge in [0, 0.05) is 69.0 Å². The number of hydrogen-bond acceptors (Lipinski definition) is 11. The number of fused-ring (bicyclic) bond motifs is 3. The van der Waals surface area contributed by atoms with E-state index in [9.17, 15) is 29.1 Å². The van der Waals surface area contributed by atoms with Gasteiger partial charge in [0.2, 0.25) is 5.91 Å². The SMILES string of the molecule is CC(=O)O[C@H](C[C@H](C(C)C)N(C)C(=O)[C@@H](CC(=O)[C@H]1CC2CCN1CC2)C1CCC1)c1nc(C(=O)N[C@@H](Cc2ncc(C)cn2)C[C@H](C)C(=O)O)cs1. The van der Waals surface area contributed by atoms with Crippen molar-refractivity contribution in [3.63, 3.8) is 0 Å². The molecule has 2 aromatic rings. The summed E-state index contributed by atoms with van der Waals surface area (Å²) in [6, 6.07) is -0.992. The summed E-state index contributed by atoms with van der Waals surface area (Å²) in [5.41, 5.74) is 0.995. The average molecular weight is 753 g/mol. The average Bonchev–Trinajstić information content (AvgIpc) is 3.60. The number of amides is 2. The molecule has 6 atom stereocenters. The third-order valence-corrected chi connectivity index (χ3v) is 12.5. The second-order valence-electron chi connectivity index (χ2n) is 15.9. The van der Waals surface area contributed by atoms with Crippen LogP contribution in [-0.4, -0.2) is 97.7 Å². The first-order valence-corrected chi connectivity index (χ1v) is 20.0. The summed E-state index contributed by atoms with van der Waals surface area (Å²) < 4.78 is 5.80. The van der Waals surface area contributed by atoms with Crippen LogP contribution in [0.1, 0.15) is 118 Å². The van der Waals surface area contributed by atoms with Crippen molar-refractivity contribution >= 4 is 40.9 Å². The molecule has 3 saturated heterocycles. The molecule has 4 aliphatic rings. The minimum atomic E-state index is -0.975. The summed E-state index contributed by atoms with van der Waals surface area (Å²) in [7, 11) is 1.79. The van der Waals surface area contributed by atoms with Gasteiger partial charge in [-0.15, -0.1) is 11.3 Å². The monoisotopic (exact) mass is 752 g/mol. The van der Waals surface area contributed by atoms with Crippen molar-refractivity contribution in [1.82, 2.24) is 30.1 Å². The number of aliphatic carboxylic acids is 1. The number of hydrogen-bond donors (Lipinski definition) is 2. The van der Waals surface area contributed by atoms with Crippen molar-refractivity contribution in [1.29, 1.82) is 0 Å². The molecule has 2 aromatic heterocycles. The molecule has 290 valence electrons. The molecule has 2 amide bonds. The number of aromatic nitrogens is 3. The van der Waals surface area contributed by atoms with Gasteiger partial charge < -0.3 is 20.1 Å². The Morgan fingerprint density at radius 1 is 1.06 bits per heavy atom. The van der Waals surface area contributed by atoms with Gasteiger partial charge in [0.25, 0.3) is 5.91 Å². The smallest absolute Gasteiger partial charge is 0.306 e. The first-order chi connectivity index (χ1) is 25.2. The fourth-order valence-corrected chi connectivity index (χ4v) is 8.98. The van der Waals surface area contributed by atoms with Gasteiger partial charge in [-0.2, -0.15) is 0 Å². The molecule has 14 heteroatoms. The minimum absolute atomic E-state index is 0.0105. The number of carboxylic acids is 1. The number of aryl methyl sites for hydroxylation is 1. The lowest BCUT2D eigenvalue weighted by Crippen LogP contribution is -2.53. The number of ketones is 1. The summed E-state index contributed by atoms with van der Waals surface area (Å²) >= 11 is 1.19. The Bertz CT molecular complexity index is 1600. The number of thiazole rings is 1. The molecule has 6 rings (SSSR count). The molecule has 0 spiro atoms. The van der Waals surface area contributed by atoms with E-state index in [1.807, 2.05) is 20.8 Å². The summed E-state index contributed by atoms with van der Waals surface area (Å²) in [6.07, 6.45) is 9.58. The van der Waals surface area contributed by atoms with Crippen LogP contribution in [0.15, 0.2) is 17.8 Å². The molecule has 13 nitrogen and oxygen atoms in total. The summed E-state index contributed by atoms with van der Waals surface area (Å²) in [5, 5.41) is 14.5. The van der Waals surface area contributed by atoms with E-state index >= 15 is 0 Å². The van der Waals surface area contributed by atoms with Crippen molar-refractivity contribution < 1.29 is 33.8 Å². The van der Waals surface area contributed by atoms with Crippen LogP contribution in [0, 0.1) is 36.5 Å². The Labute approximate surface area is 316 Å². The van der Waals surface area contributed by atoms with Crippen molar-refractivity contribution in [2.24, 2.45) is 29.6 Å². The molecular formula is C39H56N6O7S. The third kappa shape index (κ3) is 10.5. The van der Waals surface area contributed by atoms with Gasteiger partial charge in [-0.25, -0.2) is 15.0 Å². The number of carbonyl (C=O) groups excluding carboxylic acids is 4. The highest BCUT2D eigenvalue weighted by Gasteiger charge is 2.43. The molecule has 0 radical (unpaired) electrons. The second-order valence-corrected chi connectivity index (χ2v) is 16.8. The maximum Gasteiger partial charge on any atom is 0.306 e. The molecule has 1 saturated carbocycles. The van der Waals surface area contributed by atoms with E-state index < -0.39 is 35.9 Å². The summed E-state index contributed by atoms with van der Waals surface area (Å²) in [4.78, 5) is 82.9. The molecule has 0 unspecified atom stereocenters. The van der Waals surface area contributed by atoms with Crippen LogP contribution in [0.4, 0.5) is 0 Å². The van der Waals surface area contributed by atoms with Crippen LogP contribution in [-0.2, 0) is 30.3 Å². The number of Topliss-reactive ketones (excluding diaryl/α,β-unsaturated/α-hetero) is 1. The number of esters is 1. The first kappa shape index (κ1) is 40.4. The molecule has 1 aliphatic carbocycles. The van der Waals surface area contributed by atoms with E-state index in [1.165, 1.54) is 18.3 Å². The number of nitrogens with one attached hydrogen (secondary N) is 1. The van der Waals surface area contributed by atoms with E-state index in [-0.39, 0.29) is 72.9 Å². The highest BCUT2D eigenvalue weighted by Crippen LogP contribution is 2.40. The first-order valence-electron chi connectivity index (χ1n) is 19.2. The second kappa shape index (κ2) is 18.0.